The Hall–Kier alpha value is -3.59. The molecule has 1 aliphatic rings. The minimum Gasteiger partial charge on any atom is -0.467 e. The maximum absolute atomic E-state index is 14.4. The quantitative estimate of drug-likeness (QED) is 0.132. The average Bonchev–Trinajstić information content (AvgIpc) is 3.67. The number of likely N-dealkylation sites (N-methyl/N-ethyl adjacent to an activating group) is 2. The first kappa shape index (κ1) is 49.6. The van der Waals surface area contributed by atoms with Gasteiger partial charge in [0.25, 0.3) is 0 Å². The number of esters is 1. The van der Waals surface area contributed by atoms with Gasteiger partial charge in [-0.1, -0.05) is 85.2 Å². The number of nitrogens with one attached hydrogen (secondary N) is 2. The maximum Gasteiger partial charge on any atom is 0.328 e. The molecule has 1 saturated heterocycles. The molecule has 1 aromatic carbocycles. The SMILES string of the molecule is CCC(C)C(C(CC(=O)N1CCCC1C(OC)C(C)C(=O)NC(Cc1ccccc1)C(=O)OC)OC)N(C)C(=O)C(NC(=O)C(C(C)C)N(C)CCCN)C(C)C. The zero-order chi connectivity index (χ0) is 43.0. The van der Waals surface area contributed by atoms with Gasteiger partial charge >= 0.3 is 5.97 Å². The summed E-state index contributed by atoms with van der Waals surface area (Å²) >= 11 is 0. The van der Waals surface area contributed by atoms with Crippen LogP contribution in [-0.4, -0.2) is 142 Å². The van der Waals surface area contributed by atoms with Crippen LogP contribution in [0, 0.1) is 23.7 Å². The number of carbonyl (C=O) groups excluding carboxylic acids is 5. The fraction of sp³-hybridized carbons (Fsp3) is 0.744. The zero-order valence-corrected chi connectivity index (χ0v) is 36.8. The van der Waals surface area contributed by atoms with Crippen molar-refractivity contribution in [3.05, 3.63) is 35.9 Å². The van der Waals surface area contributed by atoms with Gasteiger partial charge in [0.15, 0.2) is 0 Å². The Labute approximate surface area is 342 Å². The Morgan fingerprint density at radius 1 is 0.912 bits per heavy atom. The first-order valence-corrected chi connectivity index (χ1v) is 20.7. The van der Waals surface area contributed by atoms with Gasteiger partial charge in [-0.3, -0.25) is 24.1 Å². The number of nitrogens with zero attached hydrogens (tertiary/aromatic N) is 3. The molecule has 0 spiro atoms. The predicted molar refractivity (Wildman–Crippen MR) is 222 cm³/mol. The highest BCUT2D eigenvalue weighted by Crippen LogP contribution is 2.30. The number of likely N-dealkylation sites (tertiary alicyclic amines) is 1. The van der Waals surface area contributed by atoms with Crippen LogP contribution in [-0.2, 0) is 44.6 Å². The van der Waals surface area contributed by atoms with Crippen LogP contribution >= 0.6 is 0 Å². The molecule has 324 valence electrons. The third kappa shape index (κ3) is 13.8. The van der Waals surface area contributed by atoms with E-state index in [0.29, 0.717) is 26.1 Å². The Morgan fingerprint density at radius 3 is 2.09 bits per heavy atom. The highest BCUT2D eigenvalue weighted by Gasteiger charge is 2.43. The third-order valence-corrected chi connectivity index (χ3v) is 11.7. The van der Waals surface area contributed by atoms with E-state index in [1.165, 1.54) is 14.2 Å². The van der Waals surface area contributed by atoms with Crippen molar-refractivity contribution >= 4 is 29.6 Å². The topological polar surface area (TPSA) is 173 Å². The van der Waals surface area contributed by atoms with Crippen molar-refractivity contribution in [1.29, 1.82) is 0 Å². The van der Waals surface area contributed by atoms with Crippen LogP contribution in [0.3, 0.4) is 0 Å². The lowest BCUT2D eigenvalue weighted by molar-refractivity contribution is -0.149. The summed E-state index contributed by atoms with van der Waals surface area (Å²) in [5.41, 5.74) is 6.61. The monoisotopic (exact) mass is 803 g/mol. The van der Waals surface area contributed by atoms with Crippen LogP contribution in [0.5, 0.6) is 0 Å². The number of carbonyl (C=O) groups is 5. The van der Waals surface area contributed by atoms with Crippen molar-refractivity contribution in [2.24, 2.45) is 29.4 Å². The van der Waals surface area contributed by atoms with Crippen LogP contribution in [0.25, 0.3) is 0 Å². The van der Waals surface area contributed by atoms with Gasteiger partial charge in [-0.15, -0.1) is 0 Å². The third-order valence-electron chi connectivity index (χ3n) is 11.7. The van der Waals surface area contributed by atoms with E-state index in [0.717, 1.165) is 24.8 Å². The van der Waals surface area contributed by atoms with E-state index >= 15 is 0 Å². The van der Waals surface area contributed by atoms with Crippen molar-refractivity contribution in [1.82, 2.24) is 25.3 Å². The van der Waals surface area contributed by atoms with Gasteiger partial charge in [-0.25, -0.2) is 4.79 Å². The molecular formula is C43H74N6O8. The molecule has 14 heteroatoms. The van der Waals surface area contributed by atoms with E-state index in [4.69, 9.17) is 19.9 Å². The van der Waals surface area contributed by atoms with Crippen LogP contribution < -0.4 is 16.4 Å². The largest absolute Gasteiger partial charge is 0.467 e. The van der Waals surface area contributed by atoms with Gasteiger partial charge in [-0.05, 0) is 62.7 Å². The van der Waals surface area contributed by atoms with Crippen molar-refractivity contribution in [2.75, 3.05) is 55.1 Å². The molecule has 9 atom stereocenters. The average molecular weight is 803 g/mol. The standard InChI is InChI=1S/C43H74N6O8/c1-13-29(6)38(48(9)42(53)36(27(2)3)46-41(52)37(28(4)5)47(8)23-18-22-44)34(55-10)26-35(50)49-24-17-21-33(49)39(56-11)30(7)40(51)45-32(43(54)57-12)25-31-19-15-14-16-20-31/h14-16,19-20,27-30,32-34,36-39H,13,17-18,21-26,44H2,1-12H3,(H,45,51)(H,46,52). The van der Waals surface area contributed by atoms with Gasteiger partial charge in [0, 0.05) is 34.2 Å². The Bertz CT molecular complexity index is 1410. The Morgan fingerprint density at radius 2 is 1.56 bits per heavy atom. The van der Waals surface area contributed by atoms with Crippen LogP contribution in [0.15, 0.2) is 30.3 Å². The summed E-state index contributed by atoms with van der Waals surface area (Å²) in [4.78, 5) is 74.2. The number of nitrogens with two attached hydrogens (primary N) is 1. The zero-order valence-electron chi connectivity index (χ0n) is 36.8. The van der Waals surface area contributed by atoms with Crippen molar-refractivity contribution in [3.8, 4) is 0 Å². The van der Waals surface area contributed by atoms with E-state index in [-0.39, 0.29) is 54.2 Å². The molecule has 0 bridgehead atoms. The molecule has 2 rings (SSSR count). The number of rotatable bonds is 24. The lowest BCUT2D eigenvalue weighted by Crippen LogP contribution is -2.60. The molecular weight excluding hydrogens is 729 g/mol. The number of hydrogen-bond donors (Lipinski definition) is 3. The number of amides is 4. The minimum atomic E-state index is -0.895. The number of methoxy groups -OCH3 is 3. The van der Waals surface area contributed by atoms with Gasteiger partial charge in [0.1, 0.15) is 12.1 Å². The molecule has 1 aliphatic heterocycles. The minimum absolute atomic E-state index is 0.00179. The second kappa shape index (κ2) is 24.4. The highest BCUT2D eigenvalue weighted by atomic mass is 16.5. The lowest BCUT2D eigenvalue weighted by atomic mass is 9.89. The highest BCUT2D eigenvalue weighted by molar-refractivity contribution is 5.90. The van der Waals surface area contributed by atoms with Gasteiger partial charge in [-0.2, -0.15) is 0 Å². The van der Waals surface area contributed by atoms with Gasteiger partial charge in [0.05, 0.1) is 49.8 Å². The molecule has 0 saturated carbocycles. The summed E-state index contributed by atoms with van der Waals surface area (Å²) in [5, 5.41) is 5.94. The number of hydrogen-bond acceptors (Lipinski definition) is 10. The van der Waals surface area contributed by atoms with Crippen molar-refractivity contribution < 1.29 is 38.2 Å². The van der Waals surface area contributed by atoms with Gasteiger partial charge in [0.2, 0.25) is 23.6 Å². The summed E-state index contributed by atoms with van der Waals surface area (Å²) in [7, 11) is 8.00. The molecule has 57 heavy (non-hydrogen) atoms. The molecule has 1 heterocycles. The van der Waals surface area contributed by atoms with E-state index in [1.807, 2.05) is 83.8 Å². The molecule has 4 N–H and O–H groups in total. The molecule has 0 aromatic heterocycles. The summed E-state index contributed by atoms with van der Waals surface area (Å²) < 4.78 is 17.0. The van der Waals surface area contributed by atoms with Crippen molar-refractivity contribution in [2.45, 2.75) is 129 Å². The van der Waals surface area contributed by atoms with E-state index in [9.17, 15) is 24.0 Å². The lowest BCUT2D eigenvalue weighted by Gasteiger charge is -2.41. The molecule has 4 amide bonds. The summed E-state index contributed by atoms with van der Waals surface area (Å²) in [6, 6.07) is 6.37. The van der Waals surface area contributed by atoms with E-state index < -0.39 is 54.3 Å². The molecule has 0 aliphatic carbocycles. The summed E-state index contributed by atoms with van der Waals surface area (Å²) in [6.07, 6.45) is 1.78. The first-order chi connectivity index (χ1) is 27.0. The van der Waals surface area contributed by atoms with Crippen LogP contribution in [0.4, 0.5) is 0 Å². The fourth-order valence-electron chi connectivity index (χ4n) is 8.26. The summed E-state index contributed by atoms with van der Waals surface area (Å²) in [5.74, 6) is -2.51. The molecule has 9 unspecified atom stereocenters. The molecule has 1 aromatic rings. The Kier molecular flexibility index (Phi) is 21.2. The Balaban J connectivity index is 2.29. The summed E-state index contributed by atoms with van der Waals surface area (Å²) in [6.45, 7) is 15.3. The second-order valence-corrected chi connectivity index (χ2v) is 16.4. The molecule has 1 fully saturated rings. The van der Waals surface area contributed by atoms with E-state index in [2.05, 4.69) is 10.6 Å². The van der Waals surface area contributed by atoms with Crippen LogP contribution in [0.2, 0.25) is 0 Å². The maximum atomic E-state index is 14.4. The van der Waals surface area contributed by atoms with Gasteiger partial charge < -0.3 is 40.4 Å². The van der Waals surface area contributed by atoms with E-state index in [1.54, 1.807) is 30.9 Å². The second-order valence-electron chi connectivity index (χ2n) is 16.4. The van der Waals surface area contributed by atoms with Crippen LogP contribution in [0.1, 0.15) is 86.1 Å². The first-order valence-electron chi connectivity index (χ1n) is 20.7. The molecule has 0 radical (unpaired) electrons. The van der Waals surface area contributed by atoms with Crippen molar-refractivity contribution in [3.63, 3.8) is 0 Å². The fourth-order valence-corrected chi connectivity index (χ4v) is 8.26. The smallest absolute Gasteiger partial charge is 0.328 e. The number of ether oxygens (including phenoxy) is 3. The molecule has 14 nitrogen and oxygen atoms in total. The normalized spacial score (nSPS) is 18.7. The predicted octanol–water partition coefficient (Wildman–Crippen LogP) is 3.25. The number of benzene rings is 1.